The molecular weight excluding hydrogens is 264 g/mol. The lowest BCUT2D eigenvalue weighted by Gasteiger charge is -2.55. The van der Waals surface area contributed by atoms with Gasteiger partial charge in [-0.15, -0.1) is 0 Å². The van der Waals surface area contributed by atoms with E-state index in [2.05, 4.69) is 24.5 Å². The number of carbonyl (C=O) groups is 2. The lowest BCUT2D eigenvalue weighted by atomic mass is 9.49. The smallest absolute Gasteiger partial charge is 0.239 e. The quantitative estimate of drug-likeness (QED) is 0.815. The molecule has 4 aliphatic carbocycles. The van der Waals surface area contributed by atoms with Crippen molar-refractivity contribution in [2.75, 3.05) is 13.1 Å². The third-order valence-electron chi connectivity index (χ3n) is 5.64. The maximum atomic E-state index is 12.6. The molecule has 4 fully saturated rings. The van der Waals surface area contributed by atoms with Crippen LogP contribution in [0.2, 0.25) is 0 Å². The van der Waals surface area contributed by atoms with E-state index in [1.165, 1.54) is 19.3 Å². The zero-order valence-electron chi connectivity index (χ0n) is 13.3. The molecule has 0 unspecified atom stereocenters. The molecule has 4 aliphatic rings. The van der Waals surface area contributed by atoms with E-state index < -0.39 is 0 Å². The number of amides is 2. The Morgan fingerprint density at radius 1 is 1.00 bits per heavy atom. The first-order chi connectivity index (χ1) is 9.97. The first-order valence-electron chi connectivity index (χ1n) is 8.52. The summed E-state index contributed by atoms with van der Waals surface area (Å²) >= 11 is 0. The van der Waals surface area contributed by atoms with Crippen molar-refractivity contribution < 1.29 is 9.59 Å². The molecule has 4 rings (SSSR count). The molecule has 0 atom stereocenters. The number of rotatable bonds is 5. The van der Waals surface area contributed by atoms with Crippen molar-refractivity contribution in [3.05, 3.63) is 0 Å². The molecule has 4 heteroatoms. The highest BCUT2D eigenvalue weighted by molar-refractivity contribution is 5.88. The summed E-state index contributed by atoms with van der Waals surface area (Å²) in [7, 11) is 0. The van der Waals surface area contributed by atoms with E-state index in [-0.39, 0.29) is 23.8 Å². The minimum Gasteiger partial charge on any atom is -0.354 e. The summed E-state index contributed by atoms with van der Waals surface area (Å²) < 4.78 is 0. The summed E-state index contributed by atoms with van der Waals surface area (Å²) in [5, 5.41) is 5.77. The Hall–Kier alpha value is -1.06. The van der Waals surface area contributed by atoms with E-state index in [0.29, 0.717) is 12.5 Å². The summed E-state index contributed by atoms with van der Waals surface area (Å²) in [4.78, 5) is 24.4. The fraction of sp³-hybridized carbons (Fsp3) is 0.882. The second-order valence-electron chi connectivity index (χ2n) is 8.08. The van der Waals surface area contributed by atoms with Gasteiger partial charge in [-0.25, -0.2) is 0 Å². The van der Waals surface area contributed by atoms with Crippen molar-refractivity contribution >= 4 is 11.8 Å². The number of hydrogen-bond donors (Lipinski definition) is 2. The van der Waals surface area contributed by atoms with Gasteiger partial charge in [0, 0.05) is 12.0 Å². The molecule has 118 valence electrons. The molecule has 0 saturated heterocycles. The van der Waals surface area contributed by atoms with Crippen LogP contribution in [0.5, 0.6) is 0 Å². The Morgan fingerprint density at radius 3 is 2.00 bits per heavy atom. The molecular formula is C17H28N2O2. The Labute approximate surface area is 127 Å². The highest BCUT2D eigenvalue weighted by Crippen LogP contribution is 2.60. The summed E-state index contributed by atoms with van der Waals surface area (Å²) in [5.74, 6) is 2.79. The van der Waals surface area contributed by atoms with Crippen LogP contribution in [0.1, 0.15) is 52.4 Å². The summed E-state index contributed by atoms with van der Waals surface area (Å²) in [5.41, 5.74) is -0.146. The van der Waals surface area contributed by atoms with Crippen molar-refractivity contribution in [3.63, 3.8) is 0 Å². The zero-order valence-corrected chi connectivity index (χ0v) is 13.3. The molecule has 0 aromatic rings. The molecule has 21 heavy (non-hydrogen) atoms. The van der Waals surface area contributed by atoms with Gasteiger partial charge in [-0.2, -0.15) is 0 Å². The van der Waals surface area contributed by atoms with E-state index in [4.69, 9.17) is 0 Å². The van der Waals surface area contributed by atoms with Crippen molar-refractivity contribution in [2.24, 2.45) is 29.1 Å². The third-order valence-corrected chi connectivity index (χ3v) is 5.64. The summed E-state index contributed by atoms with van der Waals surface area (Å²) in [6.45, 7) is 4.93. The van der Waals surface area contributed by atoms with Gasteiger partial charge in [0.05, 0.1) is 6.54 Å². The average Bonchev–Trinajstić information content (AvgIpc) is 2.41. The van der Waals surface area contributed by atoms with Crippen LogP contribution >= 0.6 is 0 Å². The van der Waals surface area contributed by atoms with Gasteiger partial charge in [0.1, 0.15) is 0 Å². The van der Waals surface area contributed by atoms with E-state index in [0.717, 1.165) is 37.0 Å². The third kappa shape index (κ3) is 3.09. The summed E-state index contributed by atoms with van der Waals surface area (Å²) in [6.07, 6.45) is 7.17. The van der Waals surface area contributed by atoms with Crippen molar-refractivity contribution in [3.8, 4) is 0 Å². The fourth-order valence-corrected chi connectivity index (χ4v) is 5.12. The van der Waals surface area contributed by atoms with Gasteiger partial charge >= 0.3 is 0 Å². The molecule has 0 aliphatic heterocycles. The predicted octanol–water partition coefficient (Wildman–Crippen LogP) is 2.09. The highest BCUT2D eigenvalue weighted by Gasteiger charge is 2.54. The lowest BCUT2D eigenvalue weighted by Crippen LogP contribution is -2.54. The van der Waals surface area contributed by atoms with Crippen LogP contribution in [-0.2, 0) is 9.59 Å². The summed E-state index contributed by atoms with van der Waals surface area (Å²) in [6, 6.07) is 0. The van der Waals surface area contributed by atoms with E-state index in [9.17, 15) is 9.59 Å². The van der Waals surface area contributed by atoms with Gasteiger partial charge in [0.15, 0.2) is 0 Å². The van der Waals surface area contributed by atoms with Crippen LogP contribution in [0.25, 0.3) is 0 Å². The molecule has 4 saturated carbocycles. The second kappa shape index (κ2) is 5.62. The minimum absolute atomic E-state index is 0.0678. The fourth-order valence-electron chi connectivity index (χ4n) is 5.12. The van der Waals surface area contributed by atoms with Gasteiger partial charge in [0.25, 0.3) is 0 Å². The second-order valence-corrected chi connectivity index (χ2v) is 8.08. The van der Waals surface area contributed by atoms with Crippen LogP contribution in [0.3, 0.4) is 0 Å². The Kier molecular flexibility index (Phi) is 3.98. The van der Waals surface area contributed by atoms with Crippen molar-refractivity contribution in [1.29, 1.82) is 0 Å². The Bertz CT molecular complexity index is 395. The van der Waals surface area contributed by atoms with Crippen LogP contribution in [0.4, 0.5) is 0 Å². The zero-order chi connectivity index (χ0) is 15.0. The monoisotopic (exact) mass is 292 g/mol. The number of hydrogen-bond acceptors (Lipinski definition) is 2. The Balaban J connectivity index is 1.52. The van der Waals surface area contributed by atoms with Gasteiger partial charge in [-0.1, -0.05) is 13.8 Å². The molecule has 0 heterocycles. The van der Waals surface area contributed by atoms with Crippen LogP contribution < -0.4 is 10.6 Å². The van der Waals surface area contributed by atoms with E-state index in [1.54, 1.807) is 0 Å². The first-order valence-corrected chi connectivity index (χ1v) is 8.52. The molecule has 0 aromatic carbocycles. The molecule has 0 spiro atoms. The van der Waals surface area contributed by atoms with Crippen LogP contribution in [-0.4, -0.2) is 24.9 Å². The minimum atomic E-state index is -0.146. The predicted molar refractivity (Wildman–Crippen MR) is 81.5 cm³/mol. The van der Waals surface area contributed by atoms with Crippen molar-refractivity contribution in [2.45, 2.75) is 52.4 Å². The van der Waals surface area contributed by atoms with Crippen LogP contribution in [0.15, 0.2) is 0 Å². The van der Waals surface area contributed by atoms with Gasteiger partial charge in [0.2, 0.25) is 11.8 Å². The maximum Gasteiger partial charge on any atom is 0.239 e. The standard InChI is InChI=1S/C17H28N2O2/c1-11(2)9-18-15(20)10-19-16(21)17-6-12-3-13(7-17)5-14(4-12)8-17/h11-14H,3-10H2,1-2H3,(H,18,20)(H,19,21). The van der Waals surface area contributed by atoms with Crippen LogP contribution in [0, 0.1) is 29.1 Å². The van der Waals surface area contributed by atoms with Gasteiger partial charge < -0.3 is 10.6 Å². The topological polar surface area (TPSA) is 58.2 Å². The van der Waals surface area contributed by atoms with Gasteiger partial charge in [-0.3, -0.25) is 9.59 Å². The largest absolute Gasteiger partial charge is 0.354 e. The first kappa shape index (κ1) is 14.9. The van der Waals surface area contributed by atoms with E-state index in [1.807, 2.05) is 0 Å². The molecule has 2 amide bonds. The SMILES string of the molecule is CC(C)CNC(=O)CNC(=O)C12CC3CC(CC(C3)C1)C2. The Morgan fingerprint density at radius 2 is 1.52 bits per heavy atom. The highest BCUT2D eigenvalue weighted by atomic mass is 16.2. The molecule has 0 aromatic heterocycles. The average molecular weight is 292 g/mol. The molecule has 0 radical (unpaired) electrons. The van der Waals surface area contributed by atoms with Gasteiger partial charge in [-0.05, 0) is 62.2 Å². The molecule has 2 N–H and O–H groups in total. The number of nitrogens with one attached hydrogen (secondary N) is 2. The maximum absolute atomic E-state index is 12.6. The van der Waals surface area contributed by atoms with Crippen molar-refractivity contribution in [1.82, 2.24) is 10.6 Å². The van der Waals surface area contributed by atoms with E-state index >= 15 is 0 Å². The number of carbonyl (C=O) groups excluding carboxylic acids is 2. The molecule has 4 bridgehead atoms. The molecule has 4 nitrogen and oxygen atoms in total. The lowest BCUT2D eigenvalue weighted by molar-refractivity contribution is -0.147. The normalized spacial score (nSPS) is 36.8.